The summed E-state index contributed by atoms with van der Waals surface area (Å²) in [5.41, 5.74) is 6.19. The molecule has 0 radical (unpaired) electrons. The van der Waals surface area contributed by atoms with Crippen LogP contribution in [0.25, 0.3) is 11.0 Å². The summed E-state index contributed by atoms with van der Waals surface area (Å²) < 4.78 is 11.2. The number of fused-ring (bicyclic) bond motifs is 2. The minimum Gasteiger partial charge on any atom is -0.484 e. The Kier molecular flexibility index (Phi) is 6.40. The molecule has 9 heteroatoms. The van der Waals surface area contributed by atoms with Gasteiger partial charge in [-0.15, -0.1) is 0 Å². The van der Waals surface area contributed by atoms with Crippen molar-refractivity contribution < 1.29 is 18.7 Å². The Labute approximate surface area is 195 Å². The second kappa shape index (κ2) is 9.25. The molecule has 1 aromatic heterocycles. The Bertz CT molecular complexity index is 1270. The number of nitrogens with zero attached hydrogens (tertiary/aromatic N) is 2. The second-order valence-corrected chi connectivity index (χ2v) is 8.63. The topological polar surface area (TPSA) is 106 Å². The van der Waals surface area contributed by atoms with Crippen LogP contribution in [-0.2, 0) is 4.79 Å². The van der Waals surface area contributed by atoms with Gasteiger partial charge in [-0.1, -0.05) is 23.7 Å². The first-order valence-electron chi connectivity index (χ1n) is 10.5. The van der Waals surface area contributed by atoms with E-state index in [4.69, 9.17) is 26.5 Å². The van der Waals surface area contributed by atoms with Crippen molar-refractivity contribution in [3.8, 4) is 5.75 Å². The third kappa shape index (κ3) is 4.58. The van der Waals surface area contributed by atoms with E-state index in [2.05, 4.69) is 0 Å². The first kappa shape index (κ1) is 22.8. The number of halogens is 1. The van der Waals surface area contributed by atoms with Crippen LogP contribution in [0.4, 0.5) is 0 Å². The molecule has 2 amide bonds. The number of carbonyl (C=O) groups is 2. The summed E-state index contributed by atoms with van der Waals surface area (Å²) in [6.07, 6.45) is 0.725. The number of ether oxygens (including phenoxy) is 1. The Morgan fingerprint density at radius 1 is 1.18 bits per heavy atom. The van der Waals surface area contributed by atoms with Gasteiger partial charge < -0.3 is 24.7 Å². The van der Waals surface area contributed by atoms with Gasteiger partial charge in [0, 0.05) is 11.6 Å². The molecule has 0 saturated heterocycles. The smallest absolute Gasteiger partial charge is 0.290 e. The van der Waals surface area contributed by atoms with Crippen molar-refractivity contribution in [2.24, 2.45) is 5.73 Å². The van der Waals surface area contributed by atoms with Gasteiger partial charge in [-0.3, -0.25) is 14.4 Å². The lowest BCUT2D eigenvalue weighted by molar-refractivity contribution is -0.119. The van der Waals surface area contributed by atoms with Crippen LogP contribution >= 0.6 is 11.6 Å². The predicted octanol–water partition coefficient (Wildman–Crippen LogP) is 2.81. The van der Waals surface area contributed by atoms with Gasteiger partial charge in [0.05, 0.1) is 17.0 Å². The van der Waals surface area contributed by atoms with Gasteiger partial charge in [0.15, 0.2) is 12.0 Å². The zero-order chi connectivity index (χ0) is 23.7. The van der Waals surface area contributed by atoms with Crippen LogP contribution in [0, 0.1) is 0 Å². The van der Waals surface area contributed by atoms with Crippen molar-refractivity contribution in [2.45, 2.75) is 12.5 Å². The van der Waals surface area contributed by atoms with E-state index < -0.39 is 11.9 Å². The average Bonchev–Trinajstić information content (AvgIpc) is 3.05. The van der Waals surface area contributed by atoms with Gasteiger partial charge in [-0.25, -0.2) is 0 Å². The van der Waals surface area contributed by atoms with Crippen LogP contribution < -0.4 is 15.9 Å². The van der Waals surface area contributed by atoms with Crippen LogP contribution in [0.5, 0.6) is 5.75 Å². The molecule has 0 spiro atoms. The molecular weight excluding hydrogens is 446 g/mol. The first-order chi connectivity index (χ1) is 15.8. The fourth-order valence-electron chi connectivity index (χ4n) is 4.03. The van der Waals surface area contributed by atoms with Crippen LogP contribution in [-0.4, -0.2) is 55.4 Å². The molecule has 1 atom stereocenters. The highest BCUT2D eigenvalue weighted by Crippen LogP contribution is 2.38. The summed E-state index contributed by atoms with van der Waals surface area (Å²) in [6.45, 7) is 0.991. The molecule has 2 N–H and O–H groups in total. The summed E-state index contributed by atoms with van der Waals surface area (Å²) in [5.74, 6) is -0.390. The normalized spacial score (nSPS) is 15.3. The molecule has 172 valence electrons. The van der Waals surface area contributed by atoms with Gasteiger partial charge in [0.1, 0.15) is 11.3 Å². The SMILES string of the molecule is CN(C)CCCN1C(=O)c2oc3ccc(Cl)cc3c(=O)c2[C@@H]1c1ccc(OCC(N)=O)cc1. The molecule has 2 heterocycles. The van der Waals surface area contributed by atoms with E-state index in [9.17, 15) is 14.4 Å². The summed E-state index contributed by atoms with van der Waals surface area (Å²) in [4.78, 5) is 41.5. The number of amides is 2. The average molecular weight is 470 g/mol. The third-order valence-electron chi connectivity index (χ3n) is 5.51. The number of rotatable bonds is 8. The van der Waals surface area contributed by atoms with Gasteiger partial charge in [0.2, 0.25) is 5.76 Å². The summed E-state index contributed by atoms with van der Waals surface area (Å²) >= 11 is 6.11. The molecule has 0 aliphatic carbocycles. The maximum Gasteiger partial charge on any atom is 0.290 e. The fraction of sp³-hybridized carbons (Fsp3) is 0.292. The lowest BCUT2D eigenvalue weighted by Crippen LogP contribution is -2.32. The molecule has 0 fully saturated rings. The molecule has 1 aliphatic rings. The molecular formula is C24H24ClN3O5. The van der Waals surface area contributed by atoms with E-state index in [0.717, 1.165) is 18.5 Å². The summed E-state index contributed by atoms with van der Waals surface area (Å²) in [7, 11) is 3.93. The monoisotopic (exact) mass is 469 g/mol. The lowest BCUT2D eigenvalue weighted by Gasteiger charge is -2.26. The fourth-order valence-corrected chi connectivity index (χ4v) is 4.20. The minimum absolute atomic E-state index is 0.0544. The van der Waals surface area contributed by atoms with Crippen LogP contribution in [0.2, 0.25) is 5.02 Å². The molecule has 1 aliphatic heterocycles. The van der Waals surface area contributed by atoms with Crippen molar-refractivity contribution in [3.05, 3.63) is 74.6 Å². The molecule has 0 unspecified atom stereocenters. The summed E-state index contributed by atoms with van der Waals surface area (Å²) in [5, 5.41) is 0.741. The maximum atomic E-state index is 13.5. The Morgan fingerprint density at radius 3 is 2.58 bits per heavy atom. The van der Waals surface area contributed by atoms with E-state index in [1.807, 2.05) is 19.0 Å². The molecule has 8 nitrogen and oxygen atoms in total. The van der Waals surface area contributed by atoms with E-state index in [1.54, 1.807) is 47.4 Å². The molecule has 4 rings (SSSR count). The van der Waals surface area contributed by atoms with Gasteiger partial charge in [-0.2, -0.15) is 0 Å². The largest absolute Gasteiger partial charge is 0.484 e. The third-order valence-corrected chi connectivity index (χ3v) is 5.74. The highest BCUT2D eigenvalue weighted by atomic mass is 35.5. The van der Waals surface area contributed by atoms with E-state index in [-0.39, 0.29) is 23.7 Å². The van der Waals surface area contributed by atoms with Crippen LogP contribution in [0.1, 0.15) is 34.1 Å². The molecule has 33 heavy (non-hydrogen) atoms. The predicted molar refractivity (Wildman–Crippen MR) is 125 cm³/mol. The zero-order valence-electron chi connectivity index (χ0n) is 18.3. The summed E-state index contributed by atoms with van der Waals surface area (Å²) in [6, 6.07) is 11.1. The molecule has 2 aromatic carbocycles. The number of hydrogen-bond donors (Lipinski definition) is 1. The quantitative estimate of drug-likeness (QED) is 0.543. The standard InChI is InChI=1S/C24H24ClN3O5/c1-27(2)10-3-11-28-21(14-4-7-16(8-5-14)32-13-19(26)29)20-22(30)17-12-15(25)6-9-18(17)33-23(20)24(28)31/h4-9,12,21H,3,10-11,13H2,1-2H3,(H2,26,29)/t21-/m0/s1. The Balaban J connectivity index is 1.79. The zero-order valence-corrected chi connectivity index (χ0v) is 19.1. The van der Waals surface area contributed by atoms with Gasteiger partial charge in [-0.05, 0) is 63.0 Å². The number of carbonyl (C=O) groups excluding carboxylic acids is 2. The van der Waals surface area contributed by atoms with Gasteiger partial charge in [0.25, 0.3) is 11.8 Å². The van der Waals surface area contributed by atoms with Crippen LogP contribution in [0.15, 0.2) is 51.7 Å². The lowest BCUT2D eigenvalue weighted by atomic mass is 9.98. The highest BCUT2D eigenvalue weighted by Gasteiger charge is 2.42. The Morgan fingerprint density at radius 2 is 1.91 bits per heavy atom. The second-order valence-electron chi connectivity index (χ2n) is 8.20. The number of hydrogen-bond acceptors (Lipinski definition) is 6. The van der Waals surface area contributed by atoms with E-state index in [1.165, 1.54) is 0 Å². The van der Waals surface area contributed by atoms with Crippen molar-refractivity contribution in [3.63, 3.8) is 0 Å². The minimum atomic E-state index is -0.612. The maximum absolute atomic E-state index is 13.5. The van der Waals surface area contributed by atoms with Crippen molar-refractivity contribution in [1.82, 2.24) is 9.80 Å². The van der Waals surface area contributed by atoms with E-state index in [0.29, 0.717) is 33.8 Å². The van der Waals surface area contributed by atoms with Gasteiger partial charge >= 0.3 is 0 Å². The van der Waals surface area contributed by atoms with E-state index >= 15 is 0 Å². The molecule has 0 bridgehead atoms. The first-order valence-corrected chi connectivity index (χ1v) is 10.9. The number of primary amides is 1. The Hall–Kier alpha value is -3.36. The van der Waals surface area contributed by atoms with Crippen molar-refractivity contribution >= 4 is 34.4 Å². The molecule has 3 aromatic rings. The van der Waals surface area contributed by atoms with Crippen LogP contribution in [0.3, 0.4) is 0 Å². The van der Waals surface area contributed by atoms with Crippen molar-refractivity contribution in [1.29, 1.82) is 0 Å². The highest BCUT2D eigenvalue weighted by molar-refractivity contribution is 6.31. The number of benzene rings is 2. The van der Waals surface area contributed by atoms with Crippen molar-refractivity contribution in [2.75, 3.05) is 33.8 Å². The number of nitrogens with two attached hydrogens (primary N) is 1. The molecule has 0 saturated carbocycles.